The first-order chi connectivity index (χ1) is 8.79. The summed E-state index contributed by atoms with van der Waals surface area (Å²) in [6.07, 6.45) is 1.55. The molecule has 0 fully saturated rings. The van der Waals surface area contributed by atoms with Gasteiger partial charge >= 0.3 is 5.97 Å². The van der Waals surface area contributed by atoms with Gasteiger partial charge in [-0.1, -0.05) is 6.07 Å². The lowest BCUT2D eigenvalue weighted by molar-refractivity contribution is 0.0603. The number of carbonyl (C=O) groups excluding carboxylic acids is 1. The Bertz CT molecular complexity index is 701. The van der Waals surface area contributed by atoms with E-state index in [1.54, 1.807) is 18.3 Å². The van der Waals surface area contributed by atoms with Crippen LogP contribution in [-0.4, -0.2) is 38.5 Å². The fourth-order valence-electron chi connectivity index (χ4n) is 1.74. The van der Waals surface area contributed by atoms with Crippen LogP contribution in [0.25, 0.3) is 22.6 Å². The summed E-state index contributed by atoms with van der Waals surface area (Å²) < 4.78 is 4.72. The highest BCUT2D eigenvalue weighted by molar-refractivity contribution is 6.02. The molecular weight excluding hydrogens is 234 g/mol. The lowest BCUT2D eigenvalue weighted by atomic mass is 10.2. The van der Waals surface area contributed by atoms with E-state index >= 15 is 0 Å². The average Bonchev–Trinajstić information content (AvgIpc) is 3.04. The smallest absolute Gasteiger partial charge is 0.340 e. The molecule has 1 aromatic carbocycles. The summed E-state index contributed by atoms with van der Waals surface area (Å²) in [6.45, 7) is 0. The van der Waals surface area contributed by atoms with Crippen molar-refractivity contribution >= 4 is 17.0 Å². The zero-order valence-corrected chi connectivity index (χ0v) is 9.47. The van der Waals surface area contributed by atoms with Crippen molar-refractivity contribution in [2.75, 3.05) is 7.11 Å². The first kappa shape index (κ1) is 10.5. The molecule has 0 aliphatic heterocycles. The number of ether oxygens (including phenoxy) is 1. The van der Waals surface area contributed by atoms with Crippen LogP contribution in [0.5, 0.6) is 0 Å². The molecule has 7 nitrogen and oxygen atoms in total. The Hall–Kier alpha value is -2.70. The molecule has 2 aromatic heterocycles. The van der Waals surface area contributed by atoms with Crippen molar-refractivity contribution in [2.45, 2.75) is 0 Å². The van der Waals surface area contributed by atoms with E-state index in [1.807, 2.05) is 6.07 Å². The number of rotatable bonds is 2. The lowest BCUT2D eigenvalue weighted by Crippen LogP contribution is -2.01. The van der Waals surface area contributed by atoms with Crippen LogP contribution in [0.4, 0.5) is 0 Å². The van der Waals surface area contributed by atoms with Crippen LogP contribution in [-0.2, 0) is 4.74 Å². The first-order valence-electron chi connectivity index (χ1n) is 5.23. The lowest BCUT2D eigenvalue weighted by Gasteiger charge is -1.98. The predicted molar refractivity (Wildman–Crippen MR) is 62.8 cm³/mol. The van der Waals surface area contributed by atoms with E-state index in [0.29, 0.717) is 22.6 Å². The number of hydrogen-bond acceptors (Lipinski definition) is 5. The fraction of sp³-hybridized carbons (Fsp3) is 0.0909. The summed E-state index contributed by atoms with van der Waals surface area (Å²) in [5.41, 5.74) is 2.31. The summed E-state index contributed by atoms with van der Waals surface area (Å²) in [5.74, 6) is 0.133. The van der Waals surface area contributed by atoms with E-state index in [-0.39, 0.29) is 0 Å². The molecule has 0 aliphatic rings. The Kier molecular flexibility index (Phi) is 2.30. The number of carbonyl (C=O) groups is 1. The maximum atomic E-state index is 11.6. The van der Waals surface area contributed by atoms with Crippen molar-refractivity contribution in [2.24, 2.45) is 0 Å². The number of para-hydroxylation sites is 1. The highest BCUT2D eigenvalue weighted by Gasteiger charge is 2.15. The Morgan fingerprint density at radius 2 is 2.28 bits per heavy atom. The van der Waals surface area contributed by atoms with Gasteiger partial charge in [0.1, 0.15) is 11.2 Å². The number of methoxy groups -OCH3 is 1. The summed E-state index contributed by atoms with van der Waals surface area (Å²) >= 11 is 0. The second-order valence-corrected chi connectivity index (χ2v) is 3.63. The number of imidazole rings is 1. The Balaban J connectivity index is 2.20. The number of fused-ring (bicyclic) bond motifs is 1. The number of aromatic amines is 2. The molecule has 0 radical (unpaired) electrons. The summed E-state index contributed by atoms with van der Waals surface area (Å²) in [5, 5.41) is 10.2. The van der Waals surface area contributed by atoms with E-state index < -0.39 is 5.97 Å². The minimum atomic E-state index is -0.418. The van der Waals surface area contributed by atoms with Crippen LogP contribution in [0.3, 0.4) is 0 Å². The fourth-order valence-corrected chi connectivity index (χ4v) is 1.74. The normalized spacial score (nSPS) is 10.7. The third-order valence-corrected chi connectivity index (χ3v) is 2.58. The largest absolute Gasteiger partial charge is 0.465 e. The number of nitrogens with one attached hydrogen (secondary N) is 2. The third kappa shape index (κ3) is 1.53. The van der Waals surface area contributed by atoms with Crippen LogP contribution in [0, 0.1) is 0 Å². The minimum Gasteiger partial charge on any atom is -0.465 e. The molecule has 0 atom stereocenters. The monoisotopic (exact) mass is 243 g/mol. The molecule has 0 spiro atoms. The van der Waals surface area contributed by atoms with Gasteiger partial charge in [-0.2, -0.15) is 15.4 Å². The molecule has 3 rings (SSSR count). The van der Waals surface area contributed by atoms with E-state index in [0.717, 1.165) is 5.52 Å². The Labute approximate surface area is 101 Å². The van der Waals surface area contributed by atoms with Crippen molar-refractivity contribution in [3.8, 4) is 11.5 Å². The number of esters is 1. The SMILES string of the molecule is COC(=O)c1cccc2[nH]c(-c3cn[nH]n3)nc12. The predicted octanol–water partition coefficient (Wildman–Crippen LogP) is 1.13. The maximum Gasteiger partial charge on any atom is 0.340 e. The molecule has 0 aliphatic carbocycles. The van der Waals surface area contributed by atoms with Gasteiger partial charge in [0.05, 0.1) is 24.4 Å². The second-order valence-electron chi connectivity index (χ2n) is 3.63. The maximum absolute atomic E-state index is 11.6. The van der Waals surface area contributed by atoms with Crippen molar-refractivity contribution in [1.82, 2.24) is 25.4 Å². The van der Waals surface area contributed by atoms with E-state index in [1.165, 1.54) is 7.11 Å². The minimum absolute atomic E-state index is 0.418. The zero-order chi connectivity index (χ0) is 12.5. The molecule has 0 saturated heterocycles. The van der Waals surface area contributed by atoms with Crippen molar-refractivity contribution in [1.29, 1.82) is 0 Å². The highest BCUT2D eigenvalue weighted by atomic mass is 16.5. The number of hydrogen-bond donors (Lipinski definition) is 2. The highest BCUT2D eigenvalue weighted by Crippen LogP contribution is 2.21. The van der Waals surface area contributed by atoms with Crippen LogP contribution < -0.4 is 0 Å². The number of nitrogens with zero attached hydrogens (tertiary/aromatic N) is 3. The molecule has 18 heavy (non-hydrogen) atoms. The van der Waals surface area contributed by atoms with Crippen LogP contribution in [0.1, 0.15) is 10.4 Å². The average molecular weight is 243 g/mol. The zero-order valence-electron chi connectivity index (χ0n) is 9.47. The topological polar surface area (TPSA) is 96.6 Å². The molecule has 2 heterocycles. The third-order valence-electron chi connectivity index (χ3n) is 2.58. The van der Waals surface area contributed by atoms with Crippen LogP contribution >= 0.6 is 0 Å². The van der Waals surface area contributed by atoms with E-state index in [9.17, 15) is 4.79 Å². The molecule has 0 saturated carbocycles. The second kappa shape index (κ2) is 3.95. The van der Waals surface area contributed by atoms with Crippen molar-refractivity contribution in [3.05, 3.63) is 30.0 Å². The number of aromatic nitrogens is 5. The van der Waals surface area contributed by atoms with Gasteiger partial charge in [-0.15, -0.1) is 0 Å². The molecule has 0 bridgehead atoms. The van der Waals surface area contributed by atoms with Crippen LogP contribution in [0.15, 0.2) is 24.4 Å². The van der Waals surface area contributed by atoms with Gasteiger partial charge in [0, 0.05) is 0 Å². The summed E-state index contributed by atoms with van der Waals surface area (Å²) in [7, 11) is 1.34. The summed E-state index contributed by atoms with van der Waals surface area (Å²) in [6, 6.07) is 5.26. The van der Waals surface area contributed by atoms with E-state index in [4.69, 9.17) is 4.74 Å². The van der Waals surface area contributed by atoms with Gasteiger partial charge in [0.25, 0.3) is 0 Å². The first-order valence-corrected chi connectivity index (χ1v) is 5.23. The van der Waals surface area contributed by atoms with Crippen molar-refractivity contribution in [3.63, 3.8) is 0 Å². The molecule has 7 heteroatoms. The molecule has 3 aromatic rings. The van der Waals surface area contributed by atoms with Crippen molar-refractivity contribution < 1.29 is 9.53 Å². The van der Waals surface area contributed by atoms with Gasteiger partial charge in [0.15, 0.2) is 5.82 Å². The molecule has 90 valence electrons. The quantitative estimate of drug-likeness (QED) is 0.658. The van der Waals surface area contributed by atoms with Gasteiger partial charge < -0.3 is 9.72 Å². The van der Waals surface area contributed by atoms with Gasteiger partial charge in [-0.05, 0) is 12.1 Å². The Morgan fingerprint density at radius 3 is 3.00 bits per heavy atom. The van der Waals surface area contributed by atoms with Gasteiger partial charge in [-0.25, -0.2) is 9.78 Å². The molecule has 0 unspecified atom stereocenters. The number of benzene rings is 1. The number of H-pyrrole nitrogens is 2. The molecular formula is C11H9N5O2. The molecule has 2 N–H and O–H groups in total. The van der Waals surface area contributed by atoms with E-state index in [2.05, 4.69) is 25.4 Å². The van der Waals surface area contributed by atoms with Gasteiger partial charge in [0.2, 0.25) is 0 Å². The van der Waals surface area contributed by atoms with Crippen LogP contribution in [0.2, 0.25) is 0 Å². The summed E-state index contributed by atoms with van der Waals surface area (Å²) in [4.78, 5) is 19.0. The molecule has 0 amide bonds. The van der Waals surface area contributed by atoms with Gasteiger partial charge in [-0.3, -0.25) is 0 Å². The standard InChI is InChI=1S/C11H9N5O2/c1-18-11(17)6-3-2-4-7-9(6)14-10(13-7)8-5-12-16-15-8/h2-5H,1H3,(H,13,14)(H,12,15,16). The Morgan fingerprint density at radius 1 is 1.39 bits per heavy atom.